The van der Waals surface area contributed by atoms with Crippen molar-refractivity contribution < 1.29 is 22.8 Å². The number of anilines is 1. The van der Waals surface area contributed by atoms with Gasteiger partial charge in [-0.1, -0.05) is 25.4 Å². The minimum atomic E-state index is -4.51. The second-order valence-corrected chi connectivity index (χ2v) is 7.96. The Hall–Kier alpha value is -2.03. The van der Waals surface area contributed by atoms with Crippen molar-refractivity contribution >= 4 is 29.2 Å². The van der Waals surface area contributed by atoms with Gasteiger partial charge < -0.3 is 15.5 Å². The number of carbonyl (C=O) groups excluding carboxylic acids is 2. The predicted molar refractivity (Wildman–Crippen MR) is 105 cm³/mol. The molecule has 1 aromatic heterocycles. The summed E-state index contributed by atoms with van der Waals surface area (Å²) in [6, 6.07) is 0.809. The minimum absolute atomic E-state index is 0.0124. The molecule has 2 amide bonds. The number of likely N-dealkylation sites (tertiary alicyclic amines) is 1. The average molecular weight is 435 g/mol. The molecule has 162 valence electrons. The summed E-state index contributed by atoms with van der Waals surface area (Å²) in [6.45, 7) is 5.45. The van der Waals surface area contributed by atoms with Crippen molar-refractivity contribution in [2.75, 3.05) is 25.0 Å². The van der Waals surface area contributed by atoms with Crippen LogP contribution in [0.2, 0.25) is 5.02 Å². The Kier molecular flexibility index (Phi) is 8.13. The van der Waals surface area contributed by atoms with Crippen LogP contribution >= 0.6 is 11.6 Å². The third-order valence-corrected chi connectivity index (χ3v) is 4.90. The van der Waals surface area contributed by atoms with E-state index in [1.807, 2.05) is 18.7 Å². The van der Waals surface area contributed by atoms with E-state index < -0.39 is 11.7 Å². The van der Waals surface area contributed by atoms with Gasteiger partial charge >= 0.3 is 6.18 Å². The molecule has 2 rings (SSSR count). The Morgan fingerprint density at radius 3 is 2.52 bits per heavy atom. The van der Waals surface area contributed by atoms with E-state index >= 15 is 0 Å². The van der Waals surface area contributed by atoms with Crippen LogP contribution in [0, 0.1) is 5.92 Å². The molecule has 0 atom stereocenters. The molecule has 0 bridgehead atoms. The van der Waals surface area contributed by atoms with Crippen LogP contribution in [0.1, 0.15) is 45.1 Å². The fraction of sp³-hybridized carbons (Fsp3) is 0.632. The summed E-state index contributed by atoms with van der Waals surface area (Å²) in [4.78, 5) is 29.7. The van der Waals surface area contributed by atoms with Crippen LogP contribution < -0.4 is 10.6 Å². The third kappa shape index (κ3) is 7.38. The Morgan fingerprint density at radius 1 is 1.31 bits per heavy atom. The first-order valence-corrected chi connectivity index (χ1v) is 9.97. The summed E-state index contributed by atoms with van der Waals surface area (Å²) in [5, 5.41) is 5.55. The van der Waals surface area contributed by atoms with E-state index in [-0.39, 0.29) is 41.7 Å². The minimum Gasteiger partial charge on any atom is -0.368 e. The first-order valence-electron chi connectivity index (χ1n) is 9.60. The van der Waals surface area contributed by atoms with Gasteiger partial charge in [0.25, 0.3) is 0 Å². The lowest BCUT2D eigenvalue weighted by Crippen LogP contribution is -2.46. The zero-order valence-corrected chi connectivity index (χ0v) is 17.2. The smallest absolute Gasteiger partial charge is 0.368 e. The fourth-order valence-electron chi connectivity index (χ4n) is 3.07. The van der Waals surface area contributed by atoms with Crippen molar-refractivity contribution in [3.63, 3.8) is 0 Å². The van der Waals surface area contributed by atoms with Crippen LogP contribution in [0.25, 0.3) is 0 Å². The largest absolute Gasteiger partial charge is 0.417 e. The van der Waals surface area contributed by atoms with E-state index in [1.165, 1.54) is 0 Å². The Labute approximate surface area is 173 Å². The van der Waals surface area contributed by atoms with Gasteiger partial charge in [0.15, 0.2) is 0 Å². The molecular formula is C19H26ClF3N4O2. The Morgan fingerprint density at radius 2 is 1.97 bits per heavy atom. The molecule has 10 heteroatoms. The standard InChI is InChI=1S/C19H26ClF3N4O2/c1-12(2)9-17(29)27-7-4-14(5-8-27)26-16(28)3-6-24-18-15(20)10-13(11-25-18)19(21,22)23/h10-12,14H,3-9H2,1-2H3,(H,24,25)(H,26,28). The monoisotopic (exact) mass is 434 g/mol. The Bertz CT molecular complexity index is 720. The van der Waals surface area contributed by atoms with Gasteiger partial charge in [-0.2, -0.15) is 13.2 Å². The van der Waals surface area contributed by atoms with Crippen molar-refractivity contribution in [1.82, 2.24) is 15.2 Å². The number of nitrogens with one attached hydrogen (secondary N) is 2. The van der Waals surface area contributed by atoms with E-state index in [4.69, 9.17) is 11.6 Å². The average Bonchev–Trinajstić information content (AvgIpc) is 2.62. The van der Waals surface area contributed by atoms with Gasteiger partial charge in [0.2, 0.25) is 11.8 Å². The maximum absolute atomic E-state index is 12.6. The van der Waals surface area contributed by atoms with Crippen LogP contribution in [0.3, 0.4) is 0 Å². The molecule has 2 N–H and O–H groups in total. The molecule has 0 unspecified atom stereocenters. The highest BCUT2D eigenvalue weighted by molar-refractivity contribution is 6.32. The quantitative estimate of drug-likeness (QED) is 0.686. The summed E-state index contributed by atoms with van der Waals surface area (Å²) in [6.07, 6.45) is -1.74. The second-order valence-electron chi connectivity index (χ2n) is 7.55. The van der Waals surface area contributed by atoms with Gasteiger partial charge in [0, 0.05) is 44.7 Å². The van der Waals surface area contributed by atoms with Gasteiger partial charge in [-0.25, -0.2) is 4.98 Å². The number of carbonyl (C=O) groups is 2. The summed E-state index contributed by atoms with van der Waals surface area (Å²) in [5.41, 5.74) is -0.927. The summed E-state index contributed by atoms with van der Waals surface area (Å²) in [5.74, 6) is 0.395. The summed E-state index contributed by atoms with van der Waals surface area (Å²) >= 11 is 5.82. The number of nitrogens with zero attached hydrogens (tertiary/aromatic N) is 2. The normalized spacial score (nSPS) is 15.5. The molecule has 1 aromatic rings. The second kappa shape index (κ2) is 10.1. The number of piperidine rings is 1. The number of alkyl halides is 3. The molecule has 0 saturated carbocycles. The molecule has 0 spiro atoms. The summed E-state index contributed by atoms with van der Waals surface area (Å²) < 4.78 is 37.8. The molecule has 2 heterocycles. The molecule has 6 nitrogen and oxygen atoms in total. The molecule has 1 fully saturated rings. The molecule has 0 aliphatic carbocycles. The number of amides is 2. The number of aromatic nitrogens is 1. The van der Waals surface area contributed by atoms with Crippen LogP contribution in [-0.4, -0.2) is 47.4 Å². The highest BCUT2D eigenvalue weighted by atomic mass is 35.5. The first kappa shape index (κ1) is 23.3. The SMILES string of the molecule is CC(C)CC(=O)N1CCC(NC(=O)CCNc2ncc(C(F)(F)F)cc2Cl)CC1. The van der Waals surface area contributed by atoms with Crippen LogP contribution in [0.15, 0.2) is 12.3 Å². The van der Waals surface area contributed by atoms with Crippen molar-refractivity contribution in [2.24, 2.45) is 5.92 Å². The molecule has 29 heavy (non-hydrogen) atoms. The van der Waals surface area contributed by atoms with Crippen molar-refractivity contribution in [2.45, 2.75) is 51.7 Å². The van der Waals surface area contributed by atoms with Gasteiger partial charge in [0.1, 0.15) is 5.82 Å². The van der Waals surface area contributed by atoms with Crippen LogP contribution in [-0.2, 0) is 15.8 Å². The first-order chi connectivity index (χ1) is 13.6. The number of halogens is 4. The number of pyridine rings is 1. The van der Waals surface area contributed by atoms with Crippen molar-refractivity contribution in [1.29, 1.82) is 0 Å². The zero-order chi connectivity index (χ0) is 21.6. The van der Waals surface area contributed by atoms with Gasteiger partial charge in [-0.3, -0.25) is 9.59 Å². The maximum Gasteiger partial charge on any atom is 0.417 e. The van der Waals surface area contributed by atoms with E-state index in [1.54, 1.807) is 0 Å². The van der Waals surface area contributed by atoms with Crippen LogP contribution in [0.5, 0.6) is 0 Å². The zero-order valence-electron chi connectivity index (χ0n) is 16.5. The lowest BCUT2D eigenvalue weighted by atomic mass is 10.0. The van der Waals surface area contributed by atoms with Crippen molar-refractivity contribution in [3.8, 4) is 0 Å². The maximum atomic E-state index is 12.6. The topological polar surface area (TPSA) is 74.3 Å². The molecule has 0 radical (unpaired) electrons. The molecule has 1 aliphatic heterocycles. The lowest BCUT2D eigenvalue weighted by Gasteiger charge is -2.33. The molecule has 1 saturated heterocycles. The van der Waals surface area contributed by atoms with Crippen molar-refractivity contribution in [3.05, 3.63) is 22.8 Å². The predicted octanol–water partition coefficient (Wildman–Crippen LogP) is 3.71. The highest BCUT2D eigenvalue weighted by Crippen LogP contribution is 2.32. The van der Waals surface area contributed by atoms with Crippen LogP contribution in [0.4, 0.5) is 19.0 Å². The molecular weight excluding hydrogens is 409 g/mol. The summed E-state index contributed by atoms with van der Waals surface area (Å²) in [7, 11) is 0. The lowest BCUT2D eigenvalue weighted by molar-refractivity contribution is -0.138. The molecule has 1 aliphatic rings. The van der Waals surface area contributed by atoms with E-state index in [0.29, 0.717) is 44.5 Å². The third-order valence-electron chi connectivity index (χ3n) is 4.61. The van der Waals surface area contributed by atoms with E-state index in [9.17, 15) is 22.8 Å². The Balaban J connectivity index is 1.71. The number of hydrogen-bond acceptors (Lipinski definition) is 4. The fourth-order valence-corrected chi connectivity index (χ4v) is 3.30. The number of rotatable bonds is 7. The van der Waals surface area contributed by atoms with E-state index in [2.05, 4.69) is 15.6 Å². The molecule has 0 aromatic carbocycles. The van der Waals surface area contributed by atoms with Gasteiger partial charge in [0.05, 0.1) is 10.6 Å². The number of hydrogen-bond donors (Lipinski definition) is 2. The van der Waals surface area contributed by atoms with Gasteiger partial charge in [-0.05, 0) is 24.8 Å². The highest BCUT2D eigenvalue weighted by Gasteiger charge is 2.31. The van der Waals surface area contributed by atoms with E-state index in [0.717, 1.165) is 6.07 Å². The van der Waals surface area contributed by atoms with Gasteiger partial charge in [-0.15, -0.1) is 0 Å².